The lowest BCUT2D eigenvalue weighted by atomic mass is 10.2. The maximum absolute atomic E-state index is 13.0. The van der Waals surface area contributed by atoms with Crippen LogP contribution in [0.25, 0.3) is 0 Å². The van der Waals surface area contributed by atoms with Crippen molar-refractivity contribution >= 4 is 17.3 Å². The first kappa shape index (κ1) is 10.2. The van der Waals surface area contributed by atoms with Crippen molar-refractivity contribution in [3.8, 4) is 0 Å². The van der Waals surface area contributed by atoms with Gasteiger partial charge in [0, 0.05) is 24.3 Å². The van der Waals surface area contributed by atoms with E-state index >= 15 is 0 Å². The van der Waals surface area contributed by atoms with E-state index in [1.54, 1.807) is 6.08 Å². The molecule has 0 aromatic heterocycles. The third-order valence-corrected chi connectivity index (χ3v) is 2.59. The summed E-state index contributed by atoms with van der Waals surface area (Å²) < 4.78 is 13.0. The average molecular weight is 224 g/mol. The predicted octanol–water partition coefficient (Wildman–Crippen LogP) is 3.61. The molecule has 0 N–H and O–H groups in total. The van der Waals surface area contributed by atoms with Gasteiger partial charge in [0.25, 0.3) is 0 Å². The fourth-order valence-electron chi connectivity index (χ4n) is 1.48. The van der Waals surface area contributed by atoms with Crippen LogP contribution in [0.5, 0.6) is 0 Å². The molecule has 0 aliphatic carbocycles. The van der Waals surface area contributed by atoms with Crippen LogP contribution in [0.1, 0.15) is 5.56 Å². The first-order chi connectivity index (χ1) is 7.29. The van der Waals surface area contributed by atoms with E-state index in [1.807, 2.05) is 29.2 Å². The fourth-order valence-corrected chi connectivity index (χ4v) is 1.66. The van der Waals surface area contributed by atoms with Gasteiger partial charge in [0.1, 0.15) is 5.83 Å². The second-order valence-corrected chi connectivity index (χ2v) is 3.64. The Morgan fingerprint density at radius 1 is 1.27 bits per heavy atom. The minimum absolute atomic E-state index is 0.220. The minimum Gasteiger partial charge on any atom is -0.341 e. The zero-order valence-electron chi connectivity index (χ0n) is 8.16. The molecule has 0 radical (unpaired) electrons. The van der Waals surface area contributed by atoms with Gasteiger partial charge in [-0.2, -0.15) is 0 Å². The van der Waals surface area contributed by atoms with Crippen LogP contribution in [0.2, 0.25) is 0 Å². The molecule has 1 aromatic carbocycles. The first-order valence-electron chi connectivity index (χ1n) is 4.75. The molecule has 78 valence electrons. The van der Waals surface area contributed by atoms with E-state index in [0.717, 1.165) is 11.3 Å². The Bertz CT molecular complexity index is 395. The maximum atomic E-state index is 13.0. The van der Waals surface area contributed by atoms with Crippen LogP contribution in [-0.4, -0.2) is 6.54 Å². The molecule has 0 atom stereocenters. The van der Waals surface area contributed by atoms with E-state index in [2.05, 4.69) is 0 Å². The quantitative estimate of drug-likeness (QED) is 0.693. The fraction of sp³-hybridized carbons (Fsp3) is 0.167. The van der Waals surface area contributed by atoms with Crippen LogP contribution in [0.3, 0.4) is 0 Å². The highest BCUT2D eigenvalue weighted by Gasteiger charge is 2.06. The molecule has 1 aromatic rings. The van der Waals surface area contributed by atoms with Gasteiger partial charge in [0.15, 0.2) is 0 Å². The Labute approximate surface area is 93.5 Å². The number of hydrogen-bond acceptors (Lipinski definition) is 1. The third kappa shape index (κ3) is 2.39. The number of nitrogens with zero attached hydrogens (tertiary/aromatic N) is 1. The highest BCUT2D eigenvalue weighted by atomic mass is 35.5. The van der Waals surface area contributed by atoms with Gasteiger partial charge >= 0.3 is 0 Å². The van der Waals surface area contributed by atoms with E-state index in [4.69, 9.17) is 11.6 Å². The number of benzene rings is 1. The molecular formula is C12H11ClFN. The number of anilines is 1. The van der Waals surface area contributed by atoms with E-state index in [-0.39, 0.29) is 5.83 Å². The van der Waals surface area contributed by atoms with Gasteiger partial charge in [-0.25, -0.2) is 4.39 Å². The Balaban J connectivity index is 2.19. The summed E-state index contributed by atoms with van der Waals surface area (Å²) in [7, 11) is 0. The van der Waals surface area contributed by atoms with Crippen molar-refractivity contribution in [3.63, 3.8) is 0 Å². The van der Waals surface area contributed by atoms with Crippen LogP contribution in [0, 0.1) is 0 Å². The highest BCUT2D eigenvalue weighted by molar-refractivity contribution is 6.17. The summed E-state index contributed by atoms with van der Waals surface area (Å²) in [6.07, 6.45) is 4.77. The Morgan fingerprint density at radius 2 is 2.00 bits per heavy atom. The zero-order valence-corrected chi connectivity index (χ0v) is 8.91. The standard InChI is InChI=1S/C12H11ClFN/c13-8-10-3-5-12(6-4-10)15-7-1-2-11(14)9-15/h1-6,9H,7-8H2. The zero-order chi connectivity index (χ0) is 10.7. The summed E-state index contributed by atoms with van der Waals surface area (Å²) in [5, 5.41) is 0. The summed E-state index contributed by atoms with van der Waals surface area (Å²) in [5.41, 5.74) is 2.04. The topological polar surface area (TPSA) is 3.24 Å². The highest BCUT2D eigenvalue weighted by Crippen LogP contribution is 2.20. The van der Waals surface area contributed by atoms with Crippen molar-refractivity contribution in [1.29, 1.82) is 0 Å². The molecule has 2 rings (SSSR count). The number of allylic oxidation sites excluding steroid dienone is 2. The van der Waals surface area contributed by atoms with Crippen LogP contribution in [0.4, 0.5) is 10.1 Å². The molecule has 1 heterocycles. The second-order valence-electron chi connectivity index (χ2n) is 3.37. The molecule has 1 aliphatic rings. The van der Waals surface area contributed by atoms with Crippen molar-refractivity contribution in [2.45, 2.75) is 5.88 Å². The van der Waals surface area contributed by atoms with E-state index in [9.17, 15) is 4.39 Å². The number of halogens is 2. The monoisotopic (exact) mass is 223 g/mol. The summed E-state index contributed by atoms with van der Waals surface area (Å²) in [5.74, 6) is 0.285. The van der Waals surface area contributed by atoms with Crippen LogP contribution < -0.4 is 4.90 Å². The lowest BCUT2D eigenvalue weighted by Crippen LogP contribution is -2.18. The molecule has 0 saturated carbocycles. The Morgan fingerprint density at radius 3 is 2.60 bits per heavy atom. The van der Waals surface area contributed by atoms with Gasteiger partial charge in [-0.1, -0.05) is 18.2 Å². The second kappa shape index (κ2) is 4.49. The van der Waals surface area contributed by atoms with E-state index < -0.39 is 0 Å². The van der Waals surface area contributed by atoms with Crippen LogP contribution in [0.15, 0.2) is 48.4 Å². The summed E-state index contributed by atoms with van der Waals surface area (Å²) in [4.78, 5) is 1.85. The van der Waals surface area contributed by atoms with Crippen molar-refractivity contribution in [1.82, 2.24) is 0 Å². The predicted molar refractivity (Wildman–Crippen MR) is 61.7 cm³/mol. The summed E-state index contributed by atoms with van der Waals surface area (Å²) in [6.45, 7) is 0.702. The van der Waals surface area contributed by atoms with Crippen LogP contribution in [-0.2, 0) is 5.88 Å². The van der Waals surface area contributed by atoms with Gasteiger partial charge in [0.05, 0.1) is 0 Å². The number of alkyl halides is 1. The molecule has 15 heavy (non-hydrogen) atoms. The summed E-state index contributed by atoms with van der Waals surface area (Å²) >= 11 is 5.69. The SMILES string of the molecule is FC1=CN(c2ccc(CCl)cc2)CC=C1. The third-order valence-electron chi connectivity index (χ3n) is 2.28. The van der Waals surface area contributed by atoms with Gasteiger partial charge < -0.3 is 4.90 Å². The Hall–Kier alpha value is -1.28. The van der Waals surface area contributed by atoms with E-state index in [1.165, 1.54) is 12.3 Å². The summed E-state index contributed by atoms with van der Waals surface area (Å²) in [6, 6.07) is 7.79. The molecule has 0 amide bonds. The maximum Gasteiger partial charge on any atom is 0.139 e. The normalized spacial score (nSPS) is 15.3. The molecule has 1 nitrogen and oxygen atoms in total. The van der Waals surface area contributed by atoms with Gasteiger partial charge in [-0.3, -0.25) is 0 Å². The Kier molecular flexibility index (Phi) is 3.07. The van der Waals surface area contributed by atoms with Gasteiger partial charge in [0.2, 0.25) is 0 Å². The minimum atomic E-state index is -0.220. The smallest absolute Gasteiger partial charge is 0.139 e. The molecule has 0 unspecified atom stereocenters. The molecule has 0 saturated heterocycles. The van der Waals surface area contributed by atoms with Gasteiger partial charge in [-0.05, 0) is 23.8 Å². The van der Waals surface area contributed by atoms with Crippen molar-refractivity contribution in [2.75, 3.05) is 11.4 Å². The lowest BCUT2D eigenvalue weighted by Gasteiger charge is -2.21. The first-order valence-corrected chi connectivity index (χ1v) is 5.28. The molecule has 0 spiro atoms. The largest absolute Gasteiger partial charge is 0.341 e. The number of rotatable bonds is 2. The molecule has 0 fully saturated rings. The van der Waals surface area contributed by atoms with Crippen molar-refractivity contribution in [3.05, 3.63) is 54.0 Å². The molecule has 1 aliphatic heterocycles. The molecular weight excluding hydrogens is 213 g/mol. The van der Waals surface area contributed by atoms with E-state index in [0.29, 0.717) is 12.4 Å². The average Bonchev–Trinajstić information content (AvgIpc) is 2.29. The molecule has 3 heteroatoms. The molecule has 0 bridgehead atoms. The van der Waals surface area contributed by atoms with Gasteiger partial charge in [-0.15, -0.1) is 11.6 Å². The lowest BCUT2D eigenvalue weighted by molar-refractivity contribution is 0.655. The van der Waals surface area contributed by atoms with Crippen molar-refractivity contribution in [2.24, 2.45) is 0 Å². The van der Waals surface area contributed by atoms with Crippen molar-refractivity contribution < 1.29 is 4.39 Å². The van der Waals surface area contributed by atoms with Crippen LogP contribution >= 0.6 is 11.6 Å². The number of hydrogen-bond donors (Lipinski definition) is 0.